The molecule has 31 heavy (non-hydrogen) atoms. The van der Waals surface area contributed by atoms with Crippen LogP contribution in [0.2, 0.25) is 0 Å². The first-order valence-corrected chi connectivity index (χ1v) is 9.86. The number of amides is 1. The van der Waals surface area contributed by atoms with Crippen LogP contribution in [0.1, 0.15) is 28.9 Å². The summed E-state index contributed by atoms with van der Waals surface area (Å²) < 4.78 is 43.6. The number of nitrogens with zero attached hydrogens (tertiary/aromatic N) is 4. The number of carbonyl (C=O) groups is 1. The molecule has 160 valence electrons. The van der Waals surface area contributed by atoms with E-state index < -0.39 is 11.7 Å². The lowest BCUT2D eigenvalue weighted by molar-refractivity contribution is -0.137. The third-order valence-corrected chi connectivity index (χ3v) is 5.84. The molecule has 3 aromatic rings. The molecule has 1 saturated heterocycles. The van der Waals surface area contributed by atoms with Gasteiger partial charge in [0.25, 0.3) is 5.91 Å². The van der Waals surface area contributed by atoms with Crippen LogP contribution >= 0.6 is 0 Å². The quantitative estimate of drug-likeness (QED) is 0.678. The Morgan fingerprint density at radius 3 is 2.68 bits per heavy atom. The number of likely N-dealkylation sites (tertiary alicyclic amines) is 1. The van der Waals surface area contributed by atoms with Crippen molar-refractivity contribution >= 4 is 11.7 Å². The Morgan fingerprint density at radius 2 is 2.00 bits per heavy atom. The van der Waals surface area contributed by atoms with Crippen molar-refractivity contribution in [3.63, 3.8) is 0 Å². The number of rotatable bonds is 4. The number of nitrogens with one attached hydrogen (secondary N) is 1. The highest BCUT2D eigenvalue weighted by Gasteiger charge is 2.47. The fourth-order valence-corrected chi connectivity index (χ4v) is 4.49. The molecule has 5 rings (SSSR count). The van der Waals surface area contributed by atoms with Gasteiger partial charge in [-0.3, -0.25) is 9.78 Å². The minimum atomic E-state index is -4.43. The fraction of sp³-hybridized carbons (Fsp3) is 0.333. The van der Waals surface area contributed by atoms with Crippen LogP contribution in [0, 0.1) is 5.92 Å². The number of hydrogen-bond donors (Lipinski definition) is 1. The summed E-state index contributed by atoms with van der Waals surface area (Å²) >= 11 is 0. The van der Waals surface area contributed by atoms with Gasteiger partial charge in [-0.1, -0.05) is 0 Å². The first-order valence-electron chi connectivity index (χ1n) is 9.86. The molecule has 0 aromatic carbocycles. The second kappa shape index (κ2) is 7.36. The predicted octanol–water partition coefficient (Wildman–Crippen LogP) is 3.87. The van der Waals surface area contributed by atoms with E-state index in [1.165, 1.54) is 18.5 Å². The Kier molecular flexibility index (Phi) is 4.64. The van der Waals surface area contributed by atoms with Crippen LogP contribution < -0.4 is 5.32 Å². The van der Waals surface area contributed by atoms with Crippen molar-refractivity contribution in [1.29, 1.82) is 0 Å². The molecule has 1 amide bonds. The maximum atomic E-state index is 13.3. The minimum absolute atomic E-state index is 0.0963. The van der Waals surface area contributed by atoms with E-state index in [0.717, 1.165) is 25.1 Å². The third-order valence-electron chi connectivity index (χ3n) is 5.84. The molecule has 1 N–H and O–H groups in total. The van der Waals surface area contributed by atoms with Gasteiger partial charge in [-0.15, -0.1) is 0 Å². The molecule has 3 unspecified atom stereocenters. The van der Waals surface area contributed by atoms with E-state index in [9.17, 15) is 18.0 Å². The molecule has 1 saturated carbocycles. The summed E-state index contributed by atoms with van der Waals surface area (Å²) in [6.07, 6.45) is 2.53. The standard InChI is InChI=1S/C21H18F3N5O2/c22-21(23,24)13-3-4-17(27-10-13)28-15-8-12-9-16(15)29(11-12)20(30)18-14(2-1-5-25-18)19-26-6-7-31-19/h1-7,10,12,15-16H,8-9,11H2,(H,27,28). The van der Waals surface area contributed by atoms with Crippen LogP contribution in [0.25, 0.3) is 11.5 Å². The zero-order valence-electron chi connectivity index (χ0n) is 16.2. The van der Waals surface area contributed by atoms with Gasteiger partial charge in [-0.2, -0.15) is 13.2 Å². The molecule has 2 fully saturated rings. The van der Waals surface area contributed by atoms with Gasteiger partial charge in [-0.25, -0.2) is 9.97 Å². The van der Waals surface area contributed by atoms with Gasteiger partial charge in [0.2, 0.25) is 5.89 Å². The number of piperidine rings is 1. The monoisotopic (exact) mass is 429 g/mol. The lowest BCUT2D eigenvalue weighted by Gasteiger charge is -2.34. The number of aromatic nitrogens is 3. The minimum Gasteiger partial charge on any atom is -0.444 e. The highest BCUT2D eigenvalue weighted by Crippen LogP contribution is 2.40. The van der Waals surface area contributed by atoms with Crippen molar-refractivity contribution in [3.05, 3.63) is 60.4 Å². The number of oxazole rings is 1. The lowest BCUT2D eigenvalue weighted by atomic mass is 10.0. The normalized spacial score (nSPS) is 22.7. The topological polar surface area (TPSA) is 84.2 Å². The number of halogens is 3. The van der Waals surface area contributed by atoms with Gasteiger partial charge >= 0.3 is 6.18 Å². The first-order chi connectivity index (χ1) is 14.9. The molecule has 2 bridgehead atoms. The van der Waals surface area contributed by atoms with Gasteiger partial charge < -0.3 is 14.6 Å². The number of carbonyl (C=O) groups excluding carboxylic acids is 1. The van der Waals surface area contributed by atoms with Crippen LogP contribution in [-0.4, -0.2) is 44.4 Å². The summed E-state index contributed by atoms with van der Waals surface area (Å²) in [4.78, 5) is 27.4. The maximum Gasteiger partial charge on any atom is 0.417 e. The van der Waals surface area contributed by atoms with Crippen molar-refractivity contribution in [2.75, 3.05) is 11.9 Å². The average Bonchev–Trinajstić information content (AvgIpc) is 3.50. The molecule has 4 heterocycles. The Morgan fingerprint density at radius 1 is 1.13 bits per heavy atom. The van der Waals surface area contributed by atoms with Crippen molar-refractivity contribution in [2.45, 2.75) is 31.1 Å². The smallest absolute Gasteiger partial charge is 0.417 e. The summed E-state index contributed by atoms with van der Waals surface area (Å²) in [5, 5.41) is 3.21. The van der Waals surface area contributed by atoms with E-state index in [1.54, 1.807) is 23.2 Å². The molecule has 1 aliphatic carbocycles. The van der Waals surface area contributed by atoms with Crippen LogP contribution in [-0.2, 0) is 6.18 Å². The molecule has 3 aromatic heterocycles. The third kappa shape index (κ3) is 3.62. The highest BCUT2D eigenvalue weighted by molar-refractivity contribution is 5.98. The zero-order chi connectivity index (χ0) is 21.6. The summed E-state index contributed by atoms with van der Waals surface area (Å²) in [7, 11) is 0. The second-order valence-corrected chi connectivity index (χ2v) is 7.78. The summed E-state index contributed by atoms with van der Waals surface area (Å²) in [6.45, 7) is 0.615. The molecule has 2 aliphatic rings. The van der Waals surface area contributed by atoms with Gasteiger partial charge in [0, 0.05) is 25.0 Å². The molecule has 0 spiro atoms. The second-order valence-electron chi connectivity index (χ2n) is 7.78. The summed E-state index contributed by atoms with van der Waals surface area (Å²) in [5.41, 5.74) is -0.00453. The predicted molar refractivity (Wildman–Crippen MR) is 104 cm³/mol. The van der Waals surface area contributed by atoms with E-state index in [4.69, 9.17) is 4.42 Å². The number of anilines is 1. The Hall–Kier alpha value is -3.43. The molecular weight excluding hydrogens is 411 g/mol. The van der Waals surface area contributed by atoms with E-state index >= 15 is 0 Å². The van der Waals surface area contributed by atoms with E-state index in [2.05, 4.69) is 20.3 Å². The van der Waals surface area contributed by atoms with E-state index in [0.29, 0.717) is 29.7 Å². The molecule has 1 aliphatic heterocycles. The molecule has 0 radical (unpaired) electrons. The van der Waals surface area contributed by atoms with Crippen LogP contribution in [0.3, 0.4) is 0 Å². The highest BCUT2D eigenvalue weighted by atomic mass is 19.4. The molecule has 7 nitrogen and oxygen atoms in total. The Labute approximate surface area is 175 Å². The lowest BCUT2D eigenvalue weighted by Crippen LogP contribution is -2.48. The largest absolute Gasteiger partial charge is 0.444 e. The number of fused-ring (bicyclic) bond motifs is 2. The molecule has 10 heteroatoms. The average molecular weight is 429 g/mol. The number of alkyl halides is 3. The maximum absolute atomic E-state index is 13.3. The van der Waals surface area contributed by atoms with Crippen LogP contribution in [0.15, 0.2) is 53.5 Å². The van der Waals surface area contributed by atoms with Crippen LogP contribution in [0.5, 0.6) is 0 Å². The summed E-state index contributed by atoms with van der Waals surface area (Å²) in [6, 6.07) is 5.58. The number of hydrogen-bond acceptors (Lipinski definition) is 6. The van der Waals surface area contributed by atoms with Crippen molar-refractivity contribution in [1.82, 2.24) is 19.9 Å². The Bertz CT molecular complexity index is 1090. The zero-order valence-corrected chi connectivity index (χ0v) is 16.2. The Balaban J connectivity index is 1.35. The van der Waals surface area contributed by atoms with Crippen LogP contribution in [0.4, 0.5) is 19.0 Å². The van der Waals surface area contributed by atoms with Crippen molar-refractivity contribution in [3.8, 4) is 11.5 Å². The van der Waals surface area contributed by atoms with Gasteiger partial charge in [-0.05, 0) is 43.0 Å². The van der Waals surface area contributed by atoms with E-state index in [-0.39, 0.29) is 23.7 Å². The van der Waals surface area contributed by atoms with Crippen molar-refractivity contribution < 1.29 is 22.4 Å². The van der Waals surface area contributed by atoms with Gasteiger partial charge in [0.1, 0.15) is 17.8 Å². The molecular formula is C21H18F3N5O2. The number of pyridine rings is 2. The van der Waals surface area contributed by atoms with E-state index in [1.807, 2.05) is 0 Å². The molecule has 3 atom stereocenters. The van der Waals surface area contributed by atoms with Gasteiger partial charge in [0.15, 0.2) is 0 Å². The van der Waals surface area contributed by atoms with Crippen molar-refractivity contribution in [2.24, 2.45) is 5.92 Å². The first kappa shape index (κ1) is 19.5. The fourth-order valence-electron chi connectivity index (χ4n) is 4.49. The SMILES string of the molecule is O=C(c1ncccc1-c1ncco1)N1CC2CC(Nc3ccc(C(F)(F)F)cn3)C1C2. The summed E-state index contributed by atoms with van der Waals surface area (Å²) in [5.74, 6) is 0.781. The van der Waals surface area contributed by atoms with Gasteiger partial charge in [0.05, 0.1) is 23.4 Å².